The van der Waals surface area contributed by atoms with Gasteiger partial charge in [0.1, 0.15) is 11.6 Å². The number of nitrogens with one attached hydrogen (secondary N) is 1. The molecule has 0 heterocycles. The summed E-state index contributed by atoms with van der Waals surface area (Å²) in [6.07, 6.45) is 12.8. The average Bonchev–Trinajstić information content (AvgIpc) is 3.05. The Morgan fingerprint density at radius 3 is 2.37 bits per heavy atom. The molecule has 0 saturated heterocycles. The lowest BCUT2D eigenvalue weighted by atomic mass is 9.85. The summed E-state index contributed by atoms with van der Waals surface area (Å²) in [6.45, 7) is 0. The van der Waals surface area contributed by atoms with E-state index in [1.54, 1.807) is 7.11 Å². The molecular weight excluding hydrogens is 388 g/mol. The SMILES string of the molecule is CONC1CC[C@H](CCCCCCC(=O)O)[C@H]1CCCCCc1cc(F)cc(F)c1. The van der Waals surface area contributed by atoms with E-state index in [1.165, 1.54) is 25.0 Å². The summed E-state index contributed by atoms with van der Waals surface area (Å²) in [5, 5.41) is 8.71. The first-order valence-corrected chi connectivity index (χ1v) is 11.4. The first-order valence-electron chi connectivity index (χ1n) is 11.4. The van der Waals surface area contributed by atoms with Gasteiger partial charge in [0.05, 0.1) is 7.11 Å². The van der Waals surface area contributed by atoms with Crippen LogP contribution in [0, 0.1) is 23.5 Å². The van der Waals surface area contributed by atoms with E-state index in [2.05, 4.69) is 5.48 Å². The Bertz CT molecular complexity index is 621. The van der Waals surface area contributed by atoms with Gasteiger partial charge < -0.3 is 9.94 Å². The molecule has 0 bridgehead atoms. The molecule has 1 saturated carbocycles. The number of carboxylic acids is 1. The minimum atomic E-state index is -0.707. The van der Waals surface area contributed by atoms with Crippen LogP contribution in [0.1, 0.15) is 82.6 Å². The smallest absolute Gasteiger partial charge is 0.303 e. The summed E-state index contributed by atoms with van der Waals surface area (Å²) in [7, 11) is 1.67. The first kappa shape index (κ1) is 24.7. The van der Waals surface area contributed by atoms with Crippen molar-refractivity contribution in [1.29, 1.82) is 0 Å². The molecule has 4 nitrogen and oxygen atoms in total. The van der Waals surface area contributed by atoms with Crippen LogP contribution in [0.25, 0.3) is 0 Å². The molecule has 0 amide bonds. The lowest BCUT2D eigenvalue weighted by Gasteiger charge is -2.25. The van der Waals surface area contributed by atoms with E-state index in [0.29, 0.717) is 24.3 Å². The Kier molecular flexibility index (Phi) is 11.3. The second kappa shape index (κ2) is 13.7. The number of rotatable bonds is 15. The van der Waals surface area contributed by atoms with Crippen molar-refractivity contribution in [3.05, 3.63) is 35.4 Å². The second-order valence-corrected chi connectivity index (χ2v) is 8.65. The Morgan fingerprint density at radius 2 is 1.67 bits per heavy atom. The van der Waals surface area contributed by atoms with Crippen molar-refractivity contribution in [3.8, 4) is 0 Å². The molecule has 1 fully saturated rings. The van der Waals surface area contributed by atoms with Crippen LogP contribution in [0.2, 0.25) is 0 Å². The van der Waals surface area contributed by atoms with Crippen molar-refractivity contribution < 1.29 is 23.5 Å². The zero-order chi connectivity index (χ0) is 21.8. The summed E-state index contributed by atoms with van der Waals surface area (Å²) >= 11 is 0. The molecule has 3 atom stereocenters. The zero-order valence-corrected chi connectivity index (χ0v) is 18.2. The fourth-order valence-corrected chi connectivity index (χ4v) is 4.92. The number of aliphatic carboxylic acids is 1. The molecule has 1 unspecified atom stereocenters. The number of hydrogen-bond donors (Lipinski definition) is 2. The third-order valence-electron chi connectivity index (χ3n) is 6.38. The third kappa shape index (κ3) is 9.09. The first-order chi connectivity index (χ1) is 14.5. The lowest BCUT2D eigenvalue weighted by molar-refractivity contribution is -0.137. The fraction of sp³-hybridized carbons (Fsp3) is 0.708. The van der Waals surface area contributed by atoms with E-state index < -0.39 is 17.6 Å². The van der Waals surface area contributed by atoms with Crippen molar-refractivity contribution in [3.63, 3.8) is 0 Å². The molecule has 1 aliphatic carbocycles. The normalized spacial score (nSPS) is 21.2. The number of benzene rings is 1. The predicted molar refractivity (Wildman–Crippen MR) is 114 cm³/mol. The van der Waals surface area contributed by atoms with E-state index in [4.69, 9.17) is 9.94 Å². The van der Waals surface area contributed by atoms with E-state index in [1.807, 2.05) is 0 Å². The highest BCUT2D eigenvalue weighted by molar-refractivity contribution is 5.66. The molecule has 1 aromatic rings. The second-order valence-electron chi connectivity index (χ2n) is 8.65. The summed E-state index contributed by atoms with van der Waals surface area (Å²) in [5.41, 5.74) is 3.91. The van der Waals surface area contributed by atoms with Crippen LogP contribution in [0.15, 0.2) is 18.2 Å². The molecule has 6 heteroatoms. The molecular formula is C24H37F2NO3. The standard InChI is InChI=1S/C24H37F2NO3/c1-30-27-23-14-13-19(10-6-2-3-8-12-24(28)29)22(23)11-7-4-5-9-18-15-20(25)17-21(26)16-18/h15-17,19,22-23,27H,2-14H2,1H3,(H,28,29)/t19-,22+,23?/m0/s1. The number of carbonyl (C=O) groups is 1. The van der Waals surface area contributed by atoms with Gasteiger partial charge in [0.2, 0.25) is 0 Å². The number of carboxylic acid groups (broad SMARTS) is 1. The molecule has 0 aliphatic heterocycles. The Hall–Kier alpha value is -1.53. The van der Waals surface area contributed by atoms with Gasteiger partial charge in [-0.2, -0.15) is 5.48 Å². The van der Waals surface area contributed by atoms with Crippen LogP contribution in [0.3, 0.4) is 0 Å². The number of aryl methyl sites for hydroxylation is 1. The molecule has 1 aromatic carbocycles. The Balaban J connectivity index is 1.69. The Morgan fingerprint density at radius 1 is 1.00 bits per heavy atom. The fourth-order valence-electron chi connectivity index (χ4n) is 4.92. The Labute approximate surface area is 179 Å². The van der Waals surface area contributed by atoms with Crippen molar-refractivity contribution in [2.75, 3.05) is 7.11 Å². The number of unbranched alkanes of at least 4 members (excludes halogenated alkanes) is 5. The maximum absolute atomic E-state index is 13.3. The highest BCUT2D eigenvalue weighted by Crippen LogP contribution is 2.39. The monoisotopic (exact) mass is 425 g/mol. The lowest BCUT2D eigenvalue weighted by Crippen LogP contribution is -2.33. The van der Waals surface area contributed by atoms with Gasteiger partial charge in [0.15, 0.2) is 0 Å². The predicted octanol–water partition coefficient (Wildman–Crippen LogP) is 6.04. The molecule has 2 N–H and O–H groups in total. The van der Waals surface area contributed by atoms with Crippen LogP contribution < -0.4 is 5.48 Å². The minimum Gasteiger partial charge on any atom is -0.481 e. The van der Waals surface area contributed by atoms with Gasteiger partial charge in [-0.3, -0.25) is 4.79 Å². The van der Waals surface area contributed by atoms with Crippen molar-refractivity contribution in [2.24, 2.45) is 11.8 Å². The maximum atomic E-state index is 13.3. The summed E-state index contributed by atoms with van der Waals surface area (Å²) in [4.78, 5) is 15.8. The summed E-state index contributed by atoms with van der Waals surface area (Å²) in [6, 6.07) is 4.15. The molecule has 170 valence electrons. The highest BCUT2D eigenvalue weighted by atomic mass is 19.1. The van der Waals surface area contributed by atoms with Crippen LogP contribution in [0.5, 0.6) is 0 Å². The van der Waals surface area contributed by atoms with Crippen LogP contribution in [-0.4, -0.2) is 24.2 Å². The molecule has 0 radical (unpaired) electrons. The van der Waals surface area contributed by atoms with E-state index >= 15 is 0 Å². The van der Waals surface area contributed by atoms with Gasteiger partial charge in [-0.05, 0) is 68.1 Å². The van der Waals surface area contributed by atoms with Gasteiger partial charge in [-0.15, -0.1) is 0 Å². The largest absolute Gasteiger partial charge is 0.481 e. The van der Waals surface area contributed by atoms with E-state index in [0.717, 1.165) is 69.4 Å². The molecule has 0 aromatic heterocycles. The van der Waals surface area contributed by atoms with Crippen LogP contribution in [-0.2, 0) is 16.1 Å². The maximum Gasteiger partial charge on any atom is 0.303 e. The van der Waals surface area contributed by atoms with Gasteiger partial charge in [-0.1, -0.05) is 38.5 Å². The quantitative estimate of drug-likeness (QED) is 0.266. The molecule has 2 rings (SSSR count). The summed E-state index contributed by atoms with van der Waals surface area (Å²) < 4.78 is 26.6. The highest BCUT2D eigenvalue weighted by Gasteiger charge is 2.35. The molecule has 0 spiro atoms. The van der Waals surface area contributed by atoms with Crippen molar-refractivity contribution in [2.45, 2.75) is 89.5 Å². The number of halogens is 2. The van der Waals surface area contributed by atoms with E-state index in [-0.39, 0.29) is 6.42 Å². The van der Waals surface area contributed by atoms with E-state index in [9.17, 15) is 13.6 Å². The number of hydrogen-bond acceptors (Lipinski definition) is 3. The zero-order valence-electron chi connectivity index (χ0n) is 18.2. The third-order valence-corrected chi connectivity index (χ3v) is 6.38. The van der Waals surface area contributed by atoms with Crippen molar-refractivity contribution in [1.82, 2.24) is 5.48 Å². The average molecular weight is 426 g/mol. The molecule has 1 aliphatic rings. The van der Waals surface area contributed by atoms with Gasteiger partial charge in [-0.25, -0.2) is 8.78 Å². The van der Waals surface area contributed by atoms with Crippen LogP contribution >= 0.6 is 0 Å². The van der Waals surface area contributed by atoms with Gasteiger partial charge in [0.25, 0.3) is 0 Å². The van der Waals surface area contributed by atoms with Gasteiger partial charge >= 0.3 is 5.97 Å². The number of hydroxylamine groups is 1. The molecule has 30 heavy (non-hydrogen) atoms. The minimum absolute atomic E-state index is 0.272. The van der Waals surface area contributed by atoms with Crippen LogP contribution in [0.4, 0.5) is 8.78 Å². The van der Waals surface area contributed by atoms with Gasteiger partial charge in [0, 0.05) is 18.5 Å². The van der Waals surface area contributed by atoms with Crippen molar-refractivity contribution >= 4 is 5.97 Å². The topological polar surface area (TPSA) is 58.6 Å². The summed E-state index contributed by atoms with van der Waals surface area (Å²) in [5.74, 6) is -0.433.